The van der Waals surface area contributed by atoms with E-state index in [1.807, 2.05) is 24.3 Å². The highest BCUT2D eigenvalue weighted by atomic mass is 35.5. The number of hydrogen-bond donors (Lipinski definition) is 0. The molecule has 0 saturated carbocycles. The van der Waals surface area contributed by atoms with Gasteiger partial charge in [-0.15, -0.1) is 0 Å². The molecule has 0 N–H and O–H groups in total. The van der Waals surface area contributed by atoms with Crippen LogP contribution in [-0.2, 0) is 16.0 Å². The zero-order chi connectivity index (χ0) is 15.1. The van der Waals surface area contributed by atoms with Crippen LogP contribution < -0.4 is 0 Å². The zero-order valence-corrected chi connectivity index (χ0v) is 12.0. The van der Waals surface area contributed by atoms with E-state index in [9.17, 15) is 9.18 Å². The topological polar surface area (TPSA) is 26.3 Å². The summed E-state index contributed by atoms with van der Waals surface area (Å²) in [5, 5.41) is 0.674. The van der Waals surface area contributed by atoms with Gasteiger partial charge in [0.1, 0.15) is 5.82 Å². The Morgan fingerprint density at radius 2 is 1.86 bits per heavy atom. The second-order valence-corrected chi connectivity index (χ2v) is 4.92. The lowest BCUT2D eigenvalue weighted by Gasteiger charge is -2.08. The van der Waals surface area contributed by atoms with Gasteiger partial charge in [-0.2, -0.15) is 0 Å². The lowest BCUT2D eigenvalue weighted by atomic mass is 9.99. The first-order valence-electron chi connectivity index (χ1n) is 6.48. The van der Waals surface area contributed by atoms with Crippen LogP contribution in [0.2, 0.25) is 5.02 Å². The summed E-state index contributed by atoms with van der Waals surface area (Å²) in [6.07, 6.45) is 2.54. The maximum atomic E-state index is 13.8. The Kier molecular flexibility index (Phi) is 5.52. The fourth-order valence-electron chi connectivity index (χ4n) is 2.02. The molecule has 0 unspecified atom stereocenters. The van der Waals surface area contributed by atoms with Crippen LogP contribution in [0.15, 0.2) is 54.8 Å². The fraction of sp³-hybridized carbons (Fsp3) is 0.118. The predicted octanol–water partition coefficient (Wildman–Crippen LogP) is 4.63. The van der Waals surface area contributed by atoms with Crippen LogP contribution in [0.25, 0.3) is 5.57 Å². The Labute approximate surface area is 127 Å². The molecule has 2 nitrogen and oxygen atoms in total. The molecule has 0 amide bonds. The third kappa shape index (κ3) is 4.43. The van der Waals surface area contributed by atoms with Crippen molar-refractivity contribution in [3.05, 3.63) is 76.8 Å². The van der Waals surface area contributed by atoms with Gasteiger partial charge in [0.25, 0.3) is 6.47 Å². The van der Waals surface area contributed by atoms with Gasteiger partial charge in [-0.25, -0.2) is 4.39 Å². The zero-order valence-electron chi connectivity index (χ0n) is 11.3. The van der Waals surface area contributed by atoms with Gasteiger partial charge in [0, 0.05) is 10.6 Å². The fourth-order valence-corrected chi connectivity index (χ4v) is 2.14. The Hall–Kier alpha value is -2.13. The summed E-state index contributed by atoms with van der Waals surface area (Å²) < 4.78 is 18.5. The molecule has 2 rings (SSSR count). The molecule has 0 aliphatic rings. The van der Waals surface area contributed by atoms with Crippen molar-refractivity contribution < 1.29 is 13.9 Å². The molecule has 2 aromatic rings. The molecule has 0 bridgehead atoms. The summed E-state index contributed by atoms with van der Waals surface area (Å²) in [6, 6.07) is 13.9. The van der Waals surface area contributed by atoms with E-state index in [4.69, 9.17) is 11.6 Å². The largest absolute Gasteiger partial charge is 0.436 e. The molecule has 0 aliphatic heterocycles. The summed E-state index contributed by atoms with van der Waals surface area (Å²) in [4.78, 5) is 10.4. The van der Waals surface area contributed by atoms with E-state index in [0.717, 1.165) is 5.56 Å². The second kappa shape index (κ2) is 7.60. The summed E-state index contributed by atoms with van der Waals surface area (Å²) in [6.45, 7) is 0.323. The number of ether oxygens (including phenoxy) is 1. The minimum absolute atomic E-state index is 0.323. The standard InChI is InChI=1S/C17H14ClFO2/c18-15-9-6-13(7-10-15)5-8-14(11-21-12-20)16-3-1-2-4-17(16)19/h1-4,6-7,9-12H,5,8H2/b14-11+. The summed E-state index contributed by atoms with van der Waals surface area (Å²) in [5.74, 6) is -0.339. The molecule has 0 atom stereocenters. The molecule has 0 aromatic heterocycles. The minimum atomic E-state index is -0.339. The van der Waals surface area contributed by atoms with Crippen molar-refractivity contribution in [2.45, 2.75) is 12.8 Å². The third-order valence-electron chi connectivity index (χ3n) is 3.08. The molecule has 0 fully saturated rings. The van der Waals surface area contributed by atoms with E-state index in [1.54, 1.807) is 18.2 Å². The smallest absolute Gasteiger partial charge is 0.297 e. The van der Waals surface area contributed by atoms with Crippen LogP contribution in [0.3, 0.4) is 0 Å². The van der Waals surface area contributed by atoms with Gasteiger partial charge < -0.3 is 4.74 Å². The lowest BCUT2D eigenvalue weighted by molar-refractivity contribution is -0.123. The van der Waals surface area contributed by atoms with E-state index < -0.39 is 0 Å². The van der Waals surface area contributed by atoms with Crippen molar-refractivity contribution in [3.8, 4) is 0 Å². The summed E-state index contributed by atoms with van der Waals surface area (Å²) in [7, 11) is 0. The van der Waals surface area contributed by atoms with E-state index in [2.05, 4.69) is 4.74 Å². The van der Waals surface area contributed by atoms with Crippen LogP contribution in [-0.4, -0.2) is 6.47 Å². The van der Waals surface area contributed by atoms with Gasteiger partial charge in [-0.1, -0.05) is 41.9 Å². The monoisotopic (exact) mass is 304 g/mol. The van der Waals surface area contributed by atoms with Gasteiger partial charge >= 0.3 is 0 Å². The maximum absolute atomic E-state index is 13.8. The summed E-state index contributed by atoms with van der Waals surface area (Å²) >= 11 is 5.84. The Balaban J connectivity index is 2.16. The number of aryl methyl sites for hydroxylation is 1. The predicted molar refractivity (Wildman–Crippen MR) is 81.3 cm³/mol. The third-order valence-corrected chi connectivity index (χ3v) is 3.33. The Morgan fingerprint density at radius 1 is 1.14 bits per heavy atom. The molecular weight excluding hydrogens is 291 g/mol. The van der Waals surface area contributed by atoms with Crippen molar-refractivity contribution in [3.63, 3.8) is 0 Å². The molecule has 0 saturated heterocycles. The van der Waals surface area contributed by atoms with Crippen molar-refractivity contribution in [1.29, 1.82) is 0 Å². The van der Waals surface area contributed by atoms with Crippen molar-refractivity contribution in [2.75, 3.05) is 0 Å². The number of benzene rings is 2. The van der Waals surface area contributed by atoms with Crippen molar-refractivity contribution in [1.82, 2.24) is 0 Å². The average molecular weight is 305 g/mol. The molecule has 21 heavy (non-hydrogen) atoms. The molecule has 4 heteroatoms. The van der Waals surface area contributed by atoms with Crippen LogP contribution in [0.1, 0.15) is 17.5 Å². The molecule has 0 spiro atoms. The highest BCUT2D eigenvalue weighted by Gasteiger charge is 2.08. The Morgan fingerprint density at radius 3 is 2.52 bits per heavy atom. The molecule has 0 radical (unpaired) electrons. The van der Waals surface area contributed by atoms with Crippen LogP contribution in [0.5, 0.6) is 0 Å². The first-order chi connectivity index (χ1) is 10.2. The average Bonchev–Trinajstić information content (AvgIpc) is 2.50. The number of allylic oxidation sites excluding steroid dienone is 1. The maximum Gasteiger partial charge on any atom is 0.297 e. The van der Waals surface area contributed by atoms with Gasteiger partial charge in [0.2, 0.25) is 0 Å². The molecule has 0 heterocycles. The Bertz CT molecular complexity index is 635. The van der Waals surface area contributed by atoms with E-state index in [0.29, 0.717) is 35.5 Å². The highest BCUT2D eigenvalue weighted by molar-refractivity contribution is 6.30. The number of carbonyl (C=O) groups excluding carboxylic acids is 1. The minimum Gasteiger partial charge on any atom is -0.436 e. The lowest BCUT2D eigenvalue weighted by Crippen LogP contribution is -1.94. The van der Waals surface area contributed by atoms with Gasteiger partial charge in [0.15, 0.2) is 0 Å². The van der Waals surface area contributed by atoms with Gasteiger partial charge in [-0.05, 0) is 42.2 Å². The van der Waals surface area contributed by atoms with Crippen LogP contribution >= 0.6 is 11.6 Å². The second-order valence-electron chi connectivity index (χ2n) is 4.48. The number of halogens is 2. The first-order valence-corrected chi connectivity index (χ1v) is 6.86. The number of rotatable bonds is 6. The quantitative estimate of drug-likeness (QED) is 0.574. The SMILES string of the molecule is O=CO/C=C(\CCc1ccc(Cl)cc1)c1ccccc1F. The number of hydrogen-bond acceptors (Lipinski definition) is 2. The summed E-state index contributed by atoms with van der Waals surface area (Å²) in [5.41, 5.74) is 2.15. The van der Waals surface area contributed by atoms with Crippen LogP contribution in [0.4, 0.5) is 4.39 Å². The normalized spacial score (nSPS) is 11.2. The number of carbonyl (C=O) groups is 1. The van der Waals surface area contributed by atoms with E-state index >= 15 is 0 Å². The molecule has 2 aromatic carbocycles. The van der Waals surface area contributed by atoms with Crippen molar-refractivity contribution >= 4 is 23.6 Å². The van der Waals surface area contributed by atoms with Gasteiger partial charge in [0.05, 0.1) is 6.26 Å². The van der Waals surface area contributed by atoms with Crippen LogP contribution in [0, 0.1) is 5.82 Å². The first kappa shape index (κ1) is 15.3. The molecule has 108 valence electrons. The van der Waals surface area contributed by atoms with Crippen molar-refractivity contribution in [2.24, 2.45) is 0 Å². The van der Waals surface area contributed by atoms with E-state index in [-0.39, 0.29) is 5.82 Å². The van der Waals surface area contributed by atoms with E-state index in [1.165, 1.54) is 12.3 Å². The molecule has 0 aliphatic carbocycles. The highest BCUT2D eigenvalue weighted by Crippen LogP contribution is 2.23. The van der Waals surface area contributed by atoms with Gasteiger partial charge in [-0.3, -0.25) is 4.79 Å². The molecular formula is C17H14ClFO2.